The summed E-state index contributed by atoms with van der Waals surface area (Å²) in [5.41, 5.74) is -3.20. The van der Waals surface area contributed by atoms with Crippen molar-refractivity contribution in [2.24, 2.45) is 0 Å². The summed E-state index contributed by atoms with van der Waals surface area (Å²) in [7, 11) is 0. The Labute approximate surface area is 372 Å². The molecule has 0 aliphatic heterocycles. The van der Waals surface area contributed by atoms with Crippen LogP contribution in [0, 0.1) is 20.3 Å². The van der Waals surface area contributed by atoms with E-state index >= 15 is 0 Å². The Kier molecular flexibility index (Phi) is 6.12. The van der Waals surface area contributed by atoms with Crippen LogP contribution in [0.1, 0.15) is 70.6 Å². The molecule has 0 fully saturated rings. The number of para-hydroxylation sites is 1. The van der Waals surface area contributed by atoms with E-state index in [1.165, 1.54) is 18.2 Å². The molecule has 59 heavy (non-hydrogen) atoms. The summed E-state index contributed by atoms with van der Waals surface area (Å²) in [6.07, 6.45) is -17.5. The normalized spacial score (nSPS) is 17.9. The lowest BCUT2D eigenvalue weighted by Crippen LogP contribution is -2.02. The molecule has 0 saturated heterocycles. The standard InChI is InChI=1S/C54H44N4O/c1-36-28-50(42-12-6-4-7-13-42)57-34-44(36)25-22-40-30-39(31-41(32-40)23-26-45-35-58-51(29-37(45)2)43-14-8-5-9-15-43)21-20-38-24-27-48(56-33-38)46-16-10-17-47-53-49(55-3)18-11-19-52(53)59-54(46)47/h4-19,24,27-35H,20-23,25-26H2,1-2H3/i1D3,2D3,18D,20D2,21D2,22D2,23D2,25D2,26D2. The second-order valence-electron chi connectivity index (χ2n) is 13.4. The van der Waals surface area contributed by atoms with Crippen LogP contribution in [-0.4, -0.2) is 15.0 Å². The predicted octanol–water partition coefficient (Wildman–Crippen LogP) is 13.3. The lowest BCUT2D eigenvalue weighted by molar-refractivity contribution is 0.670. The molecular formula is C54H44N4O. The number of aryl methyl sites for hydroxylation is 8. The van der Waals surface area contributed by atoms with Crippen molar-refractivity contribution >= 4 is 27.6 Å². The zero-order valence-corrected chi connectivity index (χ0v) is 31.1. The Balaban J connectivity index is 1.20. The van der Waals surface area contributed by atoms with E-state index in [0.29, 0.717) is 38.6 Å². The summed E-state index contributed by atoms with van der Waals surface area (Å²) in [5, 5.41) is 0.923. The van der Waals surface area contributed by atoms with Crippen molar-refractivity contribution in [2.45, 2.75) is 51.9 Å². The Morgan fingerprint density at radius 3 is 1.71 bits per heavy atom. The molecular weight excluding hydrogens is 721 g/mol. The maximum Gasteiger partial charge on any atom is 0.198 e. The van der Waals surface area contributed by atoms with Crippen molar-refractivity contribution < 1.29 is 30.5 Å². The van der Waals surface area contributed by atoms with E-state index in [0.717, 1.165) is 48.9 Å². The van der Waals surface area contributed by atoms with Gasteiger partial charge in [0.1, 0.15) is 11.2 Å². The Bertz CT molecular complexity index is 3670. The van der Waals surface area contributed by atoms with Crippen LogP contribution in [0.2, 0.25) is 0 Å². The van der Waals surface area contributed by atoms with Gasteiger partial charge in [0.2, 0.25) is 0 Å². The summed E-state index contributed by atoms with van der Waals surface area (Å²) in [6.45, 7) is 1.56. The highest BCUT2D eigenvalue weighted by atomic mass is 16.3. The van der Waals surface area contributed by atoms with Gasteiger partial charge in [-0.25, -0.2) is 4.85 Å². The molecule has 0 amide bonds. The summed E-state index contributed by atoms with van der Waals surface area (Å²) in [5.74, 6) is 0. The fourth-order valence-electron chi connectivity index (χ4n) is 6.60. The molecule has 0 N–H and O–H groups in total. The number of benzene rings is 5. The number of pyridine rings is 3. The quantitative estimate of drug-likeness (QED) is 0.116. The lowest BCUT2D eigenvalue weighted by atomic mass is 9.93. The minimum atomic E-state index is -3.49. The highest BCUT2D eigenvalue weighted by molar-refractivity contribution is 6.14. The SMILES string of the molecule is [2H]c1ccc2oc3c(-c4ccc(C([2H])([2H])C([2H])([2H])c5cc(C([2H])([2H])C([2H])([2H])c6cnc(-c7ccccc7)cc6C([2H])([2H])[2H])cc(C([2H])([2H])C([2H])([2H])c6cnc(-c7ccccc7)cc6C([2H])([2H])[2H])c5)cn4)cccc3c2c1[N+]#[C-]. The van der Waals surface area contributed by atoms with Gasteiger partial charge < -0.3 is 4.42 Å². The van der Waals surface area contributed by atoms with E-state index in [4.69, 9.17) is 20.6 Å². The molecule has 0 radical (unpaired) electrons. The van der Waals surface area contributed by atoms with Crippen molar-refractivity contribution in [3.05, 3.63) is 214 Å². The van der Waals surface area contributed by atoms with E-state index in [2.05, 4.69) is 19.8 Å². The van der Waals surface area contributed by atoms with Crippen LogP contribution in [0.5, 0.6) is 0 Å². The number of furan rings is 1. The fraction of sp³-hybridized carbons (Fsp3) is 0.148. The Morgan fingerprint density at radius 1 is 0.576 bits per heavy atom. The number of rotatable bonds is 12. The third-order valence-electron chi connectivity index (χ3n) is 9.50. The van der Waals surface area contributed by atoms with Crippen molar-refractivity contribution in [3.8, 4) is 33.8 Å². The highest BCUT2D eigenvalue weighted by Gasteiger charge is 2.16. The maximum atomic E-state index is 9.54. The average Bonchev–Trinajstić information content (AvgIpc) is 3.87. The molecule has 0 saturated carbocycles. The van der Waals surface area contributed by atoms with Crippen LogP contribution in [0.25, 0.3) is 60.6 Å². The molecule has 5 heteroatoms. The van der Waals surface area contributed by atoms with E-state index < -0.39 is 90.9 Å². The molecule has 9 aromatic rings. The van der Waals surface area contributed by atoms with Crippen LogP contribution in [0.15, 0.2) is 163 Å². The van der Waals surface area contributed by atoms with Crippen molar-refractivity contribution in [3.63, 3.8) is 0 Å². The predicted molar refractivity (Wildman–Crippen MR) is 241 cm³/mol. The molecule has 9 rings (SSSR count). The lowest BCUT2D eigenvalue weighted by Gasteiger charge is -2.13. The third-order valence-corrected chi connectivity index (χ3v) is 9.50. The summed E-state index contributed by atoms with van der Waals surface area (Å²) < 4.78 is 179. The molecule has 5 nitrogen and oxygen atoms in total. The first-order valence-electron chi connectivity index (χ1n) is 27.9. The van der Waals surface area contributed by atoms with Gasteiger partial charge in [-0.15, -0.1) is 0 Å². The summed E-state index contributed by atoms with van der Waals surface area (Å²) >= 11 is 0. The number of aromatic nitrogens is 3. The molecule has 0 aliphatic rings. The number of hydrogen-bond acceptors (Lipinski definition) is 4. The van der Waals surface area contributed by atoms with Crippen LogP contribution in [-0.2, 0) is 38.2 Å². The zero-order valence-electron chi connectivity index (χ0n) is 50.1. The number of fused-ring (bicyclic) bond motifs is 3. The molecule has 0 aliphatic carbocycles. The van der Waals surface area contributed by atoms with Gasteiger partial charge in [0.15, 0.2) is 5.69 Å². The van der Waals surface area contributed by atoms with Crippen LogP contribution in [0.4, 0.5) is 5.69 Å². The minimum Gasteiger partial charge on any atom is -0.457 e. The maximum absolute atomic E-state index is 9.54. The largest absolute Gasteiger partial charge is 0.457 e. The topological polar surface area (TPSA) is 56.2 Å². The van der Waals surface area contributed by atoms with Gasteiger partial charge >= 0.3 is 0 Å². The fourth-order valence-corrected chi connectivity index (χ4v) is 6.60. The van der Waals surface area contributed by atoms with E-state index in [-0.39, 0.29) is 34.4 Å². The smallest absolute Gasteiger partial charge is 0.198 e. The molecule has 4 heterocycles. The zero-order chi connectivity index (χ0) is 56.8. The molecule has 0 unspecified atom stereocenters. The second kappa shape index (κ2) is 16.7. The van der Waals surface area contributed by atoms with Gasteiger partial charge in [0, 0.05) is 72.1 Å². The first-order valence-corrected chi connectivity index (χ1v) is 18.4. The first-order chi connectivity index (χ1) is 36.3. The molecule has 5 aromatic carbocycles. The molecule has 0 bridgehead atoms. The first kappa shape index (κ1) is 21.6. The van der Waals surface area contributed by atoms with Gasteiger partial charge in [-0.2, -0.15) is 0 Å². The van der Waals surface area contributed by atoms with Gasteiger partial charge in [0.05, 0.1) is 23.7 Å². The molecule has 4 aromatic heterocycles. The van der Waals surface area contributed by atoms with E-state index in [9.17, 15) is 16.4 Å². The van der Waals surface area contributed by atoms with Gasteiger partial charge in [-0.05, 0) is 127 Å². The van der Waals surface area contributed by atoms with Gasteiger partial charge in [-0.1, -0.05) is 109 Å². The van der Waals surface area contributed by atoms with Gasteiger partial charge in [0.25, 0.3) is 0 Å². The number of nitrogens with zero attached hydrogens (tertiary/aromatic N) is 4. The summed E-state index contributed by atoms with van der Waals surface area (Å²) in [6, 6.07) is 31.8. The van der Waals surface area contributed by atoms with Crippen molar-refractivity contribution in [2.75, 3.05) is 0 Å². The van der Waals surface area contributed by atoms with E-state index in [1.807, 2.05) is 0 Å². The number of hydrogen-bond donors (Lipinski definition) is 0. The Hall–Kier alpha value is -7.16. The van der Waals surface area contributed by atoms with Crippen LogP contribution in [0.3, 0.4) is 0 Å². The molecule has 0 atom stereocenters. The monoisotopic (exact) mass is 783 g/mol. The average molecular weight is 784 g/mol. The van der Waals surface area contributed by atoms with Crippen molar-refractivity contribution in [1.29, 1.82) is 0 Å². The van der Waals surface area contributed by atoms with Crippen LogP contribution >= 0.6 is 0 Å². The Morgan fingerprint density at radius 2 is 1.15 bits per heavy atom. The molecule has 0 spiro atoms. The van der Waals surface area contributed by atoms with Crippen LogP contribution < -0.4 is 0 Å². The highest BCUT2D eigenvalue weighted by Crippen LogP contribution is 2.39. The van der Waals surface area contributed by atoms with E-state index in [1.54, 1.807) is 84.9 Å². The summed E-state index contributed by atoms with van der Waals surface area (Å²) in [4.78, 5) is 16.6. The minimum absolute atomic E-state index is 0.00513. The molecule has 286 valence electrons. The van der Waals surface area contributed by atoms with Crippen molar-refractivity contribution in [1.82, 2.24) is 15.0 Å². The second-order valence-corrected chi connectivity index (χ2v) is 13.4. The third kappa shape index (κ3) is 8.17. The van der Waals surface area contributed by atoms with Gasteiger partial charge in [-0.3, -0.25) is 15.0 Å².